The summed E-state index contributed by atoms with van der Waals surface area (Å²) < 4.78 is 16.3. The third-order valence-corrected chi connectivity index (χ3v) is 3.55. The molecule has 0 aliphatic rings. The molecule has 0 saturated carbocycles. The molecule has 0 spiro atoms. The van der Waals surface area contributed by atoms with Crippen LogP contribution in [-0.2, 0) is 9.53 Å². The van der Waals surface area contributed by atoms with Crippen LogP contribution in [0.3, 0.4) is 0 Å². The molecular weight excluding hydrogens is 342 g/mol. The minimum absolute atomic E-state index is 0.0854. The molecule has 0 heterocycles. The Morgan fingerprint density at radius 1 is 1.12 bits per heavy atom. The van der Waals surface area contributed by atoms with Gasteiger partial charge in [0.25, 0.3) is 5.91 Å². The van der Waals surface area contributed by atoms with Crippen LogP contribution in [0.25, 0.3) is 0 Å². The van der Waals surface area contributed by atoms with Crippen LogP contribution in [0.1, 0.15) is 12.5 Å². The van der Waals surface area contributed by atoms with Crippen LogP contribution in [0.5, 0.6) is 11.5 Å². The van der Waals surface area contributed by atoms with Crippen LogP contribution in [0.2, 0.25) is 5.02 Å². The molecule has 0 aliphatic carbocycles. The van der Waals surface area contributed by atoms with Crippen molar-refractivity contribution < 1.29 is 19.0 Å². The molecular formula is C19H22ClNO4. The Morgan fingerprint density at radius 2 is 1.96 bits per heavy atom. The number of anilines is 1. The highest BCUT2D eigenvalue weighted by Crippen LogP contribution is 2.22. The van der Waals surface area contributed by atoms with E-state index in [1.165, 1.54) is 0 Å². The lowest BCUT2D eigenvalue weighted by Crippen LogP contribution is -2.20. The second-order valence-corrected chi connectivity index (χ2v) is 5.76. The molecule has 0 radical (unpaired) electrons. The summed E-state index contributed by atoms with van der Waals surface area (Å²) in [6.45, 7) is 5.38. The number of ether oxygens (including phenoxy) is 3. The maximum atomic E-state index is 12.1. The van der Waals surface area contributed by atoms with Gasteiger partial charge in [-0.2, -0.15) is 0 Å². The van der Waals surface area contributed by atoms with Crippen molar-refractivity contribution in [3.05, 3.63) is 53.1 Å². The van der Waals surface area contributed by atoms with E-state index in [-0.39, 0.29) is 12.5 Å². The molecule has 5 nitrogen and oxygen atoms in total. The summed E-state index contributed by atoms with van der Waals surface area (Å²) in [5.41, 5.74) is 1.53. The molecule has 0 bridgehead atoms. The molecule has 0 unspecified atom stereocenters. The molecule has 134 valence electrons. The Kier molecular flexibility index (Phi) is 7.57. The van der Waals surface area contributed by atoms with E-state index in [0.29, 0.717) is 42.0 Å². The average Bonchev–Trinajstić information content (AvgIpc) is 2.58. The van der Waals surface area contributed by atoms with Gasteiger partial charge in [-0.1, -0.05) is 17.7 Å². The van der Waals surface area contributed by atoms with Gasteiger partial charge < -0.3 is 19.5 Å². The SMILES string of the molecule is CCOCCOc1cccc(NC(=O)COc2ccc(Cl)cc2C)c1. The number of benzene rings is 2. The van der Waals surface area contributed by atoms with E-state index in [1.807, 2.05) is 26.0 Å². The molecule has 1 amide bonds. The molecule has 2 aromatic rings. The summed E-state index contributed by atoms with van der Waals surface area (Å²) in [7, 11) is 0. The number of rotatable bonds is 9. The normalized spacial score (nSPS) is 10.4. The maximum Gasteiger partial charge on any atom is 0.262 e. The van der Waals surface area contributed by atoms with E-state index < -0.39 is 0 Å². The summed E-state index contributed by atoms with van der Waals surface area (Å²) in [6, 6.07) is 12.5. The van der Waals surface area contributed by atoms with E-state index in [0.717, 1.165) is 5.56 Å². The molecule has 0 saturated heterocycles. The van der Waals surface area contributed by atoms with Crippen molar-refractivity contribution >= 4 is 23.2 Å². The van der Waals surface area contributed by atoms with Gasteiger partial charge in [0.15, 0.2) is 6.61 Å². The van der Waals surface area contributed by atoms with Crippen molar-refractivity contribution in [2.24, 2.45) is 0 Å². The Bertz CT molecular complexity index is 706. The third-order valence-electron chi connectivity index (χ3n) is 3.31. The van der Waals surface area contributed by atoms with Gasteiger partial charge in [0.1, 0.15) is 18.1 Å². The largest absolute Gasteiger partial charge is 0.491 e. The fourth-order valence-electron chi connectivity index (χ4n) is 2.14. The highest BCUT2D eigenvalue weighted by Gasteiger charge is 2.07. The van der Waals surface area contributed by atoms with Gasteiger partial charge in [-0.15, -0.1) is 0 Å². The zero-order valence-electron chi connectivity index (χ0n) is 14.4. The molecule has 0 fully saturated rings. The summed E-state index contributed by atoms with van der Waals surface area (Å²) in [4.78, 5) is 12.1. The number of carbonyl (C=O) groups excluding carboxylic acids is 1. The molecule has 6 heteroatoms. The van der Waals surface area contributed by atoms with Crippen molar-refractivity contribution in [2.45, 2.75) is 13.8 Å². The smallest absolute Gasteiger partial charge is 0.262 e. The first-order valence-electron chi connectivity index (χ1n) is 8.08. The molecule has 2 aromatic carbocycles. The minimum atomic E-state index is -0.249. The fourth-order valence-corrected chi connectivity index (χ4v) is 2.37. The van der Waals surface area contributed by atoms with E-state index in [2.05, 4.69) is 5.32 Å². The lowest BCUT2D eigenvalue weighted by Gasteiger charge is -2.11. The first-order chi connectivity index (χ1) is 12.1. The standard InChI is InChI=1S/C19H22ClNO4/c1-3-23-9-10-24-17-6-4-5-16(12-17)21-19(22)13-25-18-8-7-15(20)11-14(18)2/h4-8,11-12H,3,9-10,13H2,1-2H3,(H,21,22). The lowest BCUT2D eigenvalue weighted by atomic mass is 10.2. The number of halogens is 1. The van der Waals surface area contributed by atoms with Crippen molar-refractivity contribution in [1.82, 2.24) is 0 Å². The van der Waals surface area contributed by atoms with Crippen LogP contribution < -0.4 is 14.8 Å². The van der Waals surface area contributed by atoms with Crippen molar-refractivity contribution in [1.29, 1.82) is 0 Å². The number of aryl methyl sites for hydroxylation is 1. The van der Waals surface area contributed by atoms with Crippen molar-refractivity contribution in [3.8, 4) is 11.5 Å². The summed E-state index contributed by atoms with van der Waals surface area (Å²) in [5.74, 6) is 1.06. The number of carbonyl (C=O) groups is 1. The summed E-state index contributed by atoms with van der Waals surface area (Å²) in [6.07, 6.45) is 0. The first kappa shape index (κ1) is 19.1. The quantitative estimate of drug-likeness (QED) is 0.682. The van der Waals surface area contributed by atoms with Crippen LogP contribution in [0.4, 0.5) is 5.69 Å². The zero-order chi connectivity index (χ0) is 18.1. The highest BCUT2D eigenvalue weighted by molar-refractivity contribution is 6.30. The van der Waals surface area contributed by atoms with E-state index in [1.54, 1.807) is 30.3 Å². The third kappa shape index (κ3) is 6.64. The van der Waals surface area contributed by atoms with Gasteiger partial charge in [-0.05, 0) is 49.7 Å². The molecule has 0 atom stereocenters. The van der Waals surface area contributed by atoms with Gasteiger partial charge in [-0.3, -0.25) is 4.79 Å². The average molecular weight is 364 g/mol. The predicted molar refractivity (Wildman–Crippen MR) is 98.7 cm³/mol. The molecule has 0 aliphatic heterocycles. The maximum absolute atomic E-state index is 12.1. The van der Waals surface area contributed by atoms with Crippen LogP contribution in [0.15, 0.2) is 42.5 Å². The summed E-state index contributed by atoms with van der Waals surface area (Å²) in [5, 5.41) is 3.42. The molecule has 1 N–H and O–H groups in total. The number of hydrogen-bond acceptors (Lipinski definition) is 4. The number of amides is 1. The minimum Gasteiger partial charge on any atom is -0.491 e. The predicted octanol–water partition coefficient (Wildman–Crippen LogP) is 4.08. The number of nitrogens with one attached hydrogen (secondary N) is 1. The van der Waals surface area contributed by atoms with Gasteiger partial charge >= 0.3 is 0 Å². The summed E-state index contributed by atoms with van der Waals surface area (Å²) >= 11 is 5.90. The topological polar surface area (TPSA) is 56.8 Å². The van der Waals surface area contributed by atoms with Gasteiger partial charge in [0.2, 0.25) is 0 Å². The van der Waals surface area contributed by atoms with Gasteiger partial charge in [-0.25, -0.2) is 0 Å². The second kappa shape index (κ2) is 9.91. The van der Waals surface area contributed by atoms with E-state index in [9.17, 15) is 4.79 Å². The first-order valence-corrected chi connectivity index (χ1v) is 8.45. The molecule has 0 aromatic heterocycles. The van der Waals surface area contributed by atoms with E-state index >= 15 is 0 Å². The Hall–Kier alpha value is -2.24. The van der Waals surface area contributed by atoms with Crippen molar-refractivity contribution in [3.63, 3.8) is 0 Å². The van der Waals surface area contributed by atoms with Gasteiger partial charge in [0, 0.05) is 23.4 Å². The Morgan fingerprint density at radius 3 is 2.72 bits per heavy atom. The van der Waals surface area contributed by atoms with Gasteiger partial charge in [0.05, 0.1) is 6.61 Å². The Balaban J connectivity index is 1.83. The van der Waals surface area contributed by atoms with Crippen LogP contribution >= 0.6 is 11.6 Å². The van der Waals surface area contributed by atoms with E-state index in [4.69, 9.17) is 25.8 Å². The van der Waals surface area contributed by atoms with Crippen LogP contribution in [0, 0.1) is 6.92 Å². The monoisotopic (exact) mass is 363 g/mol. The number of hydrogen-bond donors (Lipinski definition) is 1. The lowest BCUT2D eigenvalue weighted by molar-refractivity contribution is -0.118. The van der Waals surface area contributed by atoms with Crippen LogP contribution in [-0.4, -0.2) is 32.3 Å². The second-order valence-electron chi connectivity index (χ2n) is 5.32. The van der Waals surface area contributed by atoms with Crippen molar-refractivity contribution in [2.75, 3.05) is 31.7 Å². The fraction of sp³-hybridized carbons (Fsp3) is 0.316. The highest BCUT2D eigenvalue weighted by atomic mass is 35.5. The zero-order valence-corrected chi connectivity index (χ0v) is 15.1. The molecule has 2 rings (SSSR count). The molecule has 25 heavy (non-hydrogen) atoms. The Labute approximate surface area is 152 Å².